The van der Waals surface area contributed by atoms with Crippen molar-refractivity contribution in [3.8, 4) is 0 Å². The van der Waals surface area contributed by atoms with E-state index in [0.717, 1.165) is 12.6 Å². The highest BCUT2D eigenvalue weighted by molar-refractivity contribution is 5.29. The summed E-state index contributed by atoms with van der Waals surface area (Å²) >= 11 is 0. The van der Waals surface area contributed by atoms with Crippen LogP contribution in [0, 0.1) is 0 Å². The summed E-state index contributed by atoms with van der Waals surface area (Å²) in [6.07, 6.45) is 3.99. The number of fused-ring (bicyclic) bond motifs is 1. The summed E-state index contributed by atoms with van der Waals surface area (Å²) in [6.45, 7) is 2.23. The van der Waals surface area contributed by atoms with Crippen LogP contribution < -0.4 is 5.32 Å². The van der Waals surface area contributed by atoms with Gasteiger partial charge in [0.15, 0.2) is 0 Å². The molecule has 2 aliphatic rings. The molecule has 1 saturated carbocycles. The molecule has 1 aliphatic carbocycles. The van der Waals surface area contributed by atoms with Gasteiger partial charge in [0.1, 0.15) is 0 Å². The first-order valence-corrected chi connectivity index (χ1v) is 6.33. The molecule has 2 heteroatoms. The molecule has 1 N–H and O–H groups in total. The van der Waals surface area contributed by atoms with Crippen LogP contribution in [0.15, 0.2) is 24.3 Å². The summed E-state index contributed by atoms with van der Waals surface area (Å²) in [4.78, 5) is 2.52. The molecule has 1 heterocycles. The monoisotopic (exact) mass is 216 g/mol. The highest BCUT2D eigenvalue weighted by atomic mass is 15.2. The predicted octanol–water partition coefficient (Wildman–Crippen LogP) is 1.80. The van der Waals surface area contributed by atoms with Crippen LogP contribution in [0.4, 0.5) is 0 Å². The minimum atomic E-state index is 0.639. The predicted molar refractivity (Wildman–Crippen MR) is 66.4 cm³/mol. The molecule has 2 nitrogen and oxygen atoms in total. The first kappa shape index (κ1) is 10.3. The Hall–Kier alpha value is -0.860. The SMILES string of the molecule is CN(CC1Cc2ccccc2CN1)C1CC1. The van der Waals surface area contributed by atoms with Gasteiger partial charge in [-0.3, -0.25) is 0 Å². The normalized spacial score (nSPS) is 24.5. The van der Waals surface area contributed by atoms with E-state index in [9.17, 15) is 0 Å². The summed E-state index contributed by atoms with van der Waals surface area (Å²) in [7, 11) is 2.26. The summed E-state index contributed by atoms with van der Waals surface area (Å²) in [5, 5.41) is 3.65. The first-order chi connectivity index (χ1) is 7.83. The van der Waals surface area contributed by atoms with E-state index >= 15 is 0 Å². The van der Waals surface area contributed by atoms with Crippen LogP contribution in [0.1, 0.15) is 24.0 Å². The molecular weight excluding hydrogens is 196 g/mol. The average Bonchev–Trinajstić information content (AvgIpc) is 3.12. The zero-order valence-corrected chi connectivity index (χ0v) is 9.95. The van der Waals surface area contributed by atoms with Crippen LogP contribution >= 0.6 is 0 Å². The maximum absolute atomic E-state index is 3.65. The summed E-state index contributed by atoms with van der Waals surface area (Å²) in [5.74, 6) is 0. The maximum Gasteiger partial charge on any atom is 0.0238 e. The zero-order valence-electron chi connectivity index (χ0n) is 9.95. The van der Waals surface area contributed by atoms with Gasteiger partial charge in [-0.05, 0) is 37.4 Å². The van der Waals surface area contributed by atoms with E-state index < -0.39 is 0 Å². The minimum Gasteiger partial charge on any atom is -0.308 e. The van der Waals surface area contributed by atoms with Crippen molar-refractivity contribution >= 4 is 0 Å². The van der Waals surface area contributed by atoms with Gasteiger partial charge in [0.25, 0.3) is 0 Å². The molecule has 0 aromatic heterocycles. The van der Waals surface area contributed by atoms with Crippen molar-refractivity contribution in [2.75, 3.05) is 13.6 Å². The Morgan fingerprint density at radius 2 is 2.00 bits per heavy atom. The van der Waals surface area contributed by atoms with Crippen LogP contribution in [0.5, 0.6) is 0 Å². The Balaban J connectivity index is 1.63. The van der Waals surface area contributed by atoms with E-state index in [1.807, 2.05) is 0 Å². The highest BCUT2D eigenvalue weighted by Crippen LogP contribution is 2.26. The molecule has 1 fully saturated rings. The van der Waals surface area contributed by atoms with Crippen LogP contribution in [0.3, 0.4) is 0 Å². The van der Waals surface area contributed by atoms with Gasteiger partial charge in [-0.1, -0.05) is 24.3 Å². The number of hydrogen-bond donors (Lipinski definition) is 1. The van der Waals surface area contributed by atoms with Crippen molar-refractivity contribution in [2.24, 2.45) is 0 Å². The van der Waals surface area contributed by atoms with E-state index in [2.05, 4.69) is 41.5 Å². The molecule has 1 aromatic rings. The molecule has 16 heavy (non-hydrogen) atoms. The topological polar surface area (TPSA) is 15.3 Å². The van der Waals surface area contributed by atoms with Gasteiger partial charge in [-0.15, -0.1) is 0 Å². The van der Waals surface area contributed by atoms with Crippen molar-refractivity contribution in [3.63, 3.8) is 0 Å². The lowest BCUT2D eigenvalue weighted by Crippen LogP contribution is -2.44. The summed E-state index contributed by atoms with van der Waals surface area (Å²) in [5.41, 5.74) is 3.02. The smallest absolute Gasteiger partial charge is 0.0238 e. The molecule has 0 radical (unpaired) electrons. The number of nitrogens with one attached hydrogen (secondary N) is 1. The Morgan fingerprint density at radius 1 is 1.25 bits per heavy atom. The lowest BCUT2D eigenvalue weighted by Gasteiger charge is -2.29. The number of likely N-dealkylation sites (N-methyl/N-ethyl adjacent to an activating group) is 1. The molecule has 0 amide bonds. The Morgan fingerprint density at radius 3 is 2.75 bits per heavy atom. The van der Waals surface area contributed by atoms with Crippen molar-refractivity contribution in [1.29, 1.82) is 0 Å². The van der Waals surface area contributed by atoms with Crippen LogP contribution in [0.25, 0.3) is 0 Å². The second kappa shape index (κ2) is 4.19. The number of rotatable bonds is 3. The number of hydrogen-bond acceptors (Lipinski definition) is 2. The highest BCUT2D eigenvalue weighted by Gasteiger charge is 2.28. The fourth-order valence-electron chi connectivity index (χ4n) is 2.66. The van der Waals surface area contributed by atoms with Crippen molar-refractivity contribution < 1.29 is 0 Å². The fraction of sp³-hybridized carbons (Fsp3) is 0.571. The number of benzene rings is 1. The van der Waals surface area contributed by atoms with E-state index in [0.29, 0.717) is 6.04 Å². The minimum absolute atomic E-state index is 0.639. The van der Waals surface area contributed by atoms with E-state index in [1.54, 1.807) is 0 Å². The van der Waals surface area contributed by atoms with Crippen LogP contribution in [-0.4, -0.2) is 30.6 Å². The van der Waals surface area contributed by atoms with Crippen molar-refractivity contribution in [3.05, 3.63) is 35.4 Å². The molecule has 0 bridgehead atoms. The van der Waals surface area contributed by atoms with E-state index in [-0.39, 0.29) is 0 Å². The zero-order chi connectivity index (χ0) is 11.0. The molecular formula is C14H20N2. The van der Waals surface area contributed by atoms with Gasteiger partial charge in [-0.2, -0.15) is 0 Å². The molecule has 0 spiro atoms. The second-order valence-electron chi connectivity index (χ2n) is 5.22. The van der Waals surface area contributed by atoms with Gasteiger partial charge in [0.05, 0.1) is 0 Å². The van der Waals surface area contributed by atoms with Crippen molar-refractivity contribution in [2.45, 2.75) is 37.9 Å². The molecule has 3 rings (SSSR count). The Labute approximate surface area is 97.6 Å². The Kier molecular flexibility index (Phi) is 2.70. The number of nitrogens with zero attached hydrogens (tertiary/aromatic N) is 1. The van der Waals surface area contributed by atoms with Gasteiger partial charge in [0.2, 0.25) is 0 Å². The molecule has 1 unspecified atom stereocenters. The summed E-state index contributed by atoms with van der Waals surface area (Å²) < 4.78 is 0. The lowest BCUT2D eigenvalue weighted by molar-refractivity contribution is 0.272. The quantitative estimate of drug-likeness (QED) is 0.829. The third-order valence-electron chi connectivity index (χ3n) is 3.84. The van der Waals surface area contributed by atoms with Crippen molar-refractivity contribution in [1.82, 2.24) is 10.2 Å². The van der Waals surface area contributed by atoms with E-state index in [1.165, 1.54) is 36.9 Å². The third kappa shape index (κ3) is 2.13. The standard InChI is InChI=1S/C14H20N2/c1-16(14-6-7-14)10-13-8-11-4-2-3-5-12(11)9-15-13/h2-5,13-15H,6-10H2,1H3. The van der Waals surface area contributed by atoms with Crippen LogP contribution in [-0.2, 0) is 13.0 Å². The van der Waals surface area contributed by atoms with Crippen LogP contribution in [0.2, 0.25) is 0 Å². The first-order valence-electron chi connectivity index (χ1n) is 6.33. The van der Waals surface area contributed by atoms with Gasteiger partial charge in [0, 0.05) is 25.2 Å². The average molecular weight is 216 g/mol. The Bertz CT molecular complexity index is 371. The largest absolute Gasteiger partial charge is 0.308 e. The van der Waals surface area contributed by atoms with Gasteiger partial charge in [-0.25, -0.2) is 0 Å². The molecule has 86 valence electrons. The van der Waals surface area contributed by atoms with Gasteiger partial charge < -0.3 is 10.2 Å². The molecule has 1 aromatic carbocycles. The molecule has 1 atom stereocenters. The molecule has 1 aliphatic heterocycles. The van der Waals surface area contributed by atoms with Gasteiger partial charge >= 0.3 is 0 Å². The second-order valence-corrected chi connectivity index (χ2v) is 5.22. The third-order valence-corrected chi connectivity index (χ3v) is 3.84. The summed E-state index contributed by atoms with van der Waals surface area (Å²) in [6, 6.07) is 10.3. The van der Waals surface area contributed by atoms with E-state index in [4.69, 9.17) is 0 Å². The lowest BCUT2D eigenvalue weighted by atomic mass is 9.96. The molecule has 0 saturated heterocycles. The fourth-order valence-corrected chi connectivity index (χ4v) is 2.66. The maximum atomic E-state index is 3.65.